The molecule has 1 N–H and O–H groups in total. The maximum absolute atomic E-state index is 12.3. The minimum absolute atomic E-state index is 0.0317. The van der Waals surface area contributed by atoms with E-state index in [1.807, 2.05) is 31.7 Å². The Morgan fingerprint density at radius 3 is 2.57 bits per heavy atom. The smallest absolute Gasteiger partial charge is 0.410 e. The van der Waals surface area contributed by atoms with Crippen LogP contribution < -0.4 is 5.32 Å². The fourth-order valence-electron chi connectivity index (χ4n) is 3.41. The van der Waals surface area contributed by atoms with Crippen molar-refractivity contribution in [3.8, 4) is 0 Å². The molecule has 126 valence electrons. The highest BCUT2D eigenvalue weighted by molar-refractivity contribution is 5.68. The summed E-state index contributed by atoms with van der Waals surface area (Å²) >= 11 is 0. The number of hydrogen-bond acceptors (Lipinski definition) is 4. The zero-order chi connectivity index (χ0) is 16.5. The molecule has 0 aliphatic carbocycles. The van der Waals surface area contributed by atoms with Crippen molar-refractivity contribution >= 4 is 6.09 Å². The molecule has 0 radical (unpaired) electrons. The molecule has 2 aliphatic heterocycles. The fourth-order valence-corrected chi connectivity index (χ4v) is 3.41. The molecule has 5 heteroatoms. The zero-order valence-corrected chi connectivity index (χ0v) is 14.3. The van der Waals surface area contributed by atoms with E-state index in [9.17, 15) is 4.79 Å². The van der Waals surface area contributed by atoms with Gasteiger partial charge in [-0.25, -0.2) is 4.79 Å². The van der Waals surface area contributed by atoms with Gasteiger partial charge in [0, 0.05) is 39.3 Å². The van der Waals surface area contributed by atoms with Crippen LogP contribution in [0.1, 0.15) is 26.3 Å². The third kappa shape index (κ3) is 4.03. The van der Waals surface area contributed by atoms with Gasteiger partial charge < -0.3 is 15.0 Å². The Balaban J connectivity index is 1.53. The van der Waals surface area contributed by atoms with Crippen molar-refractivity contribution in [1.29, 1.82) is 0 Å². The minimum atomic E-state index is -0.436. The summed E-state index contributed by atoms with van der Waals surface area (Å²) < 4.78 is 5.51. The number of nitrogens with zero attached hydrogens (tertiary/aromatic N) is 2. The predicted molar refractivity (Wildman–Crippen MR) is 90.3 cm³/mol. The number of benzene rings is 1. The first-order valence-corrected chi connectivity index (χ1v) is 8.35. The standard InChI is InChI=1S/C18H27N3O2/c1-17(2,3)23-16(22)21-10-9-19-18(14-21)12-20(13-18)11-15-7-5-4-6-8-15/h4-8,19H,9-14H2,1-3H3. The van der Waals surface area contributed by atoms with E-state index in [0.29, 0.717) is 0 Å². The Morgan fingerprint density at radius 2 is 1.91 bits per heavy atom. The first kappa shape index (κ1) is 16.3. The van der Waals surface area contributed by atoms with Crippen molar-refractivity contribution in [3.63, 3.8) is 0 Å². The summed E-state index contributed by atoms with van der Waals surface area (Å²) in [4.78, 5) is 16.5. The number of rotatable bonds is 2. The SMILES string of the molecule is CC(C)(C)OC(=O)N1CCNC2(CN(Cc3ccccc3)C2)C1. The van der Waals surface area contributed by atoms with Gasteiger partial charge in [-0.3, -0.25) is 4.90 Å². The van der Waals surface area contributed by atoms with Crippen LogP contribution in [0.25, 0.3) is 0 Å². The van der Waals surface area contributed by atoms with Crippen LogP contribution in [0.4, 0.5) is 4.79 Å². The number of nitrogens with one attached hydrogen (secondary N) is 1. The molecule has 2 aliphatic rings. The highest BCUT2D eigenvalue weighted by atomic mass is 16.6. The molecular weight excluding hydrogens is 290 g/mol. The molecule has 0 bridgehead atoms. The normalized spacial score (nSPS) is 21.1. The Bertz CT molecular complexity index is 547. The second-order valence-electron chi connectivity index (χ2n) is 7.74. The Labute approximate surface area is 138 Å². The average Bonchev–Trinajstić information content (AvgIpc) is 2.45. The lowest BCUT2D eigenvalue weighted by Gasteiger charge is -2.55. The van der Waals surface area contributed by atoms with Gasteiger partial charge in [0.05, 0.1) is 5.54 Å². The van der Waals surface area contributed by atoms with E-state index in [2.05, 4.69) is 34.5 Å². The summed E-state index contributed by atoms with van der Waals surface area (Å²) in [6, 6.07) is 10.5. The number of carbonyl (C=O) groups is 1. The number of amides is 1. The lowest BCUT2D eigenvalue weighted by molar-refractivity contribution is -0.0281. The molecule has 1 aromatic carbocycles. The second kappa shape index (κ2) is 6.13. The number of carbonyl (C=O) groups excluding carboxylic acids is 1. The average molecular weight is 317 g/mol. The predicted octanol–water partition coefficient (Wildman–Crippen LogP) is 2.08. The number of ether oxygens (including phenoxy) is 1. The molecule has 1 amide bonds. The van der Waals surface area contributed by atoms with E-state index >= 15 is 0 Å². The summed E-state index contributed by atoms with van der Waals surface area (Å²) in [6.07, 6.45) is -0.195. The van der Waals surface area contributed by atoms with Crippen molar-refractivity contribution < 1.29 is 9.53 Å². The van der Waals surface area contributed by atoms with E-state index < -0.39 is 5.60 Å². The van der Waals surface area contributed by atoms with E-state index in [-0.39, 0.29) is 11.6 Å². The minimum Gasteiger partial charge on any atom is -0.444 e. The van der Waals surface area contributed by atoms with Gasteiger partial charge in [0.1, 0.15) is 5.60 Å². The van der Waals surface area contributed by atoms with Crippen molar-refractivity contribution in [2.75, 3.05) is 32.7 Å². The summed E-state index contributed by atoms with van der Waals surface area (Å²) in [6.45, 7) is 10.9. The molecule has 1 spiro atoms. The van der Waals surface area contributed by atoms with Gasteiger partial charge in [0.25, 0.3) is 0 Å². The first-order valence-electron chi connectivity index (χ1n) is 8.35. The summed E-state index contributed by atoms with van der Waals surface area (Å²) in [5.41, 5.74) is 0.931. The van der Waals surface area contributed by atoms with Gasteiger partial charge >= 0.3 is 6.09 Å². The maximum Gasteiger partial charge on any atom is 0.410 e. The van der Waals surface area contributed by atoms with Gasteiger partial charge in [-0.05, 0) is 26.3 Å². The Morgan fingerprint density at radius 1 is 1.22 bits per heavy atom. The molecule has 0 aromatic heterocycles. The largest absolute Gasteiger partial charge is 0.444 e. The molecule has 0 saturated carbocycles. The van der Waals surface area contributed by atoms with E-state index in [4.69, 9.17) is 4.74 Å². The summed E-state index contributed by atoms with van der Waals surface area (Å²) in [7, 11) is 0. The highest BCUT2D eigenvalue weighted by Gasteiger charge is 2.46. The molecule has 2 heterocycles. The van der Waals surface area contributed by atoms with Gasteiger partial charge in [-0.15, -0.1) is 0 Å². The molecule has 3 rings (SSSR count). The van der Waals surface area contributed by atoms with Crippen LogP contribution in [0.15, 0.2) is 30.3 Å². The second-order valence-corrected chi connectivity index (χ2v) is 7.74. The zero-order valence-electron chi connectivity index (χ0n) is 14.3. The van der Waals surface area contributed by atoms with Crippen LogP contribution in [0, 0.1) is 0 Å². The maximum atomic E-state index is 12.3. The van der Waals surface area contributed by atoms with Gasteiger partial charge in [-0.1, -0.05) is 30.3 Å². The number of likely N-dealkylation sites (tertiary alicyclic amines) is 1. The van der Waals surface area contributed by atoms with Crippen LogP contribution in [-0.4, -0.2) is 59.8 Å². The van der Waals surface area contributed by atoms with E-state index in [1.54, 1.807) is 0 Å². The van der Waals surface area contributed by atoms with Crippen molar-refractivity contribution in [2.24, 2.45) is 0 Å². The molecule has 5 nitrogen and oxygen atoms in total. The van der Waals surface area contributed by atoms with Crippen LogP contribution in [0.5, 0.6) is 0 Å². The third-order valence-electron chi connectivity index (χ3n) is 4.33. The van der Waals surface area contributed by atoms with Gasteiger partial charge in [0.2, 0.25) is 0 Å². The molecule has 1 aromatic rings. The first-order chi connectivity index (χ1) is 10.9. The van der Waals surface area contributed by atoms with Crippen molar-refractivity contribution in [3.05, 3.63) is 35.9 Å². The van der Waals surface area contributed by atoms with Crippen molar-refractivity contribution in [1.82, 2.24) is 15.1 Å². The highest BCUT2D eigenvalue weighted by Crippen LogP contribution is 2.27. The Hall–Kier alpha value is -1.59. The Kier molecular flexibility index (Phi) is 4.34. The van der Waals surface area contributed by atoms with Gasteiger partial charge in [-0.2, -0.15) is 0 Å². The van der Waals surface area contributed by atoms with Crippen molar-refractivity contribution in [2.45, 2.75) is 38.5 Å². The molecule has 23 heavy (non-hydrogen) atoms. The number of hydrogen-bond donors (Lipinski definition) is 1. The van der Waals surface area contributed by atoms with Crippen LogP contribution in [0.3, 0.4) is 0 Å². The molecule has 0 unspecified atom stereocenters. The van der Waals surface area contributed by atoms with Crippen LogP contribution in [0.2, 0.25) is 0 Å². The summed E-state index contributed by atoms with van der Waals surface area (Å²) in [5.74, 6) is 0. The molecule has 2 saturated heterocycles. The monoisotopic (exact) mass is 317 g/mol. The third-order valence-corrected chi connectivity index (χ3v) is 4.33. The molecule has 0 atom stereocenters. The quantitative estimate of drug-likeness (QED) is 0.907. The fraction of sp³-hybridized carbons (Fsp3) is 0.611. The molecule has 2 fully saturated rings. The van der Waals surface area contributed by atoms with Gasteiger partial charge in [0.15, 0.2) is 0 Å². The number of piperazine rings is 1. The van der Waals surface area contributed by atoms with E-state index in [1.165, 1.54) is 5.56 Å². The molecular formula is C18H27N3O2. The lowest BCUT2D eigenvalue weighted by atomic mass is 9.87. The topological polar surface area (TPSA) is 44.8 Å². The van der Waals surface area contributed by atoms with Crippen LogP contribution >= 0.6 is 0 Å². The van der Waals surface area contributed by atoms with Crippen LogP contribution in [-0.2, 0) is 11.3 Å². The van der Waals surface area contributed by atoms with E-state index in [0.717, 1.165) is 39.3 Å². The lowest BCUT2D eigenvalue weighted by Crippen LogP contribution is -2.76. The summed E-state index contributed by atoms with van der Waals surface area (Å²) in [5, 5.41) is 3.60.